The quantitative estimate of drug-likeness (QED) is 0.720. The Kier molecular flexibility index (Phi) is 1.66. The Balaban J connectivity index is 2.85. The molecule has 2 aromatic rings. The Labute approximate surface area is 76.5 Å². The molecule has 0 aliphatic heterocycles. The number of thiophene rings is 1. The molecule has 0 bridgehead atoms. The van der Waals surface area contributed by atoms with Crippen molar-refractivity contribution in [3.8, 4) is 0 Å². The second-order valence-electron chi connectivity index (χ2n) is 2.56. The number of hydrogen-bond donors (Lipinski definition) is 2. The van der Waals surface area contributed by atoms with E-state index < -0.39 is 5.97 Å². The summed E-state index contributed by atoms with van der Waals surface area (Å²) in [6, 6.07) is 1.45. The van der Waals surface area contributed by atoms with Crippen molar-refractivity contribution in [2.24, 2.45) is 0 Å². The highest BCUT2D eigenvalue weighted by atomic mass is 32.1. The Morgan fingerprint density at radius 2 is 2.23 bits per heavy atom. The lowest BCUT2D eigenvalue weighted by molar-refractivity contribution is 0.0690. The van der Waals surface area contributed by atoms with Crippen molar-refractivity contribution in [1.82, 2.24) is 4.98 Å². The number of carboxylic acids is 1. The highest BCUT2D eigenvalue weighted by Gasteiger charge is 2.07. The molecule has 0 atom stereocenters. The summed E-state index contributed by atoms with van der Waals surface area (Å²) in [7, 11) is 0. The highest BCUT2D eigenvalue weighted by Crippen LogP contribution is 2.15. The fourth-order valence-corrected chi connectivity index (χ4v) is 1.89. The van der Waals surface area contributed by atoms with Gasteiger partial charge in [0, 0.05) is 10.8 Å². The number of aromatic amines is 1. The summed E-state index contributed by atoms with van der Waals surface area (Å²) in [6.07, 6.45) is 0. The number of fused-ring (bicyclic) bond motifs is 1. The minimum atomic E-state index is -1.12. The predicted octanol–water partition coefficient (Wildman–Crippen LogP) is 1.29. The van der Waals surface area contributed by atoms with Gasteiger partial charge in [-0.05, 0) is 11.4 Å². The molecule has 0 aliphatic rings. The normalized spacial score (nSPS) is 10.5. The van der Waals surface area contributed by atoms with E-state index in [1.165, 1.54) is 17.4 Å². The summed E-state index contributed by atoms with van der Waals surface area (Å²) in [4.78, 5) is 24.1. The van der Waals surface area contributed by atoms with Gasteiger partial charge in [-0.25, -0.2) is 4.79 Å². The number of H-pyrrole nitrogens is 1. The Morgan fingerprint density at radius 1 is 1.46 bits per heavy atom. The molecule has 0 unspecified atom stereocenters. The van der Waals surface area contributed by atoms with Gasteiger partial charge in [0.25, 0.3) is 5.56 Å². The molecule has 0 amide bonds. The first-order valence-corrected chi connectivity index (χ1v) is 4.45. The molecule has 0 saturated heterocycles. The molecule has 0 fully saturated rings. The zero-order chi connectivity index (χ0) is 9.42. The molecule has 0 aromatic carbocycles. The van der Waals surface area contributed by atoms with Crippen LogP contribution in [-0.2, 0) is 0 Å². The van der Waals surface area contributed by atoms with Crippen molar-refractivity contribution in [2.75, 3.05) is 0 Å². The number of aromatic carboxylic acids is 1. The van der Waals surface area contributed by atoms with Crippen LogP contribution in [0.25, 0.3) is 10.8 Å². The first kappa shape index (κ1) is 8.00. The summed E-state index contributed by atoms with van der Waals surface area (Å²) in [5.41, 5.74) is -0.424. The average molecular weight is 195 g/mol. The Hall–Kier alpha value is -1.62. The molecule has 0 spiro atoms. The molecular formula is C8H5NO3S. The Morgan fingerprint density at radius 3 is 2.92 bits per heavy atom. The van der Waals surface area contributed by atoms with Gasteiger partial charge in [-0.15, -0.1) is 0 Å². The number of aromatic nitrogens is 1. The molecule has 2 aromatic heterocycles. The van der Waals surface area contributed by atoms with E-state index in [1.807, 2.05) is 0 Å². The molecule has 66 valence electrons. The largest absolute Gasteiger partial charge is 0.477 e. The van der Waals surface area contributed by atoms with E-state index in [-0.39, 0.29) is 11.3 Å². The van der Waals surface area contributed by atoms with Crippen molar-refractivity contribution in [2.45, 2.75) is 0 Å². The van der Waals surface area contributed by atoms with Crippen molar-refractivity contribution in [3.05, 3.63) is 32.9 Å². The van der Waals surface area contributed by atoms with Crippen LogP contribution in [0.2, 0.25) is 0 Å². The summed E-state index contributed by atoms with van der Waals surface area (Å²) in [5, 5.41) is 13.3. The van der Waals surface area contributed by atoms with Gasteiger partial charge in [0.2, 0.25) is 0 Å². The van der Waals surface area contributed by atoms with Crippen molar-refractivity contribution >= 4 is 28.1 Å². The minimum Gasteiger partial charge on any atom is -0.477 e. The smallest absolute Gasteiger partial charge is 0.352 e. The highest BCUT2D eigenvalue weighted by molar-refractivity contribution is 7.09. The van der Waals surface area contributed by atoms with Crippen molar-refractivity contribution in [1.29, 1.82) is 0 Å². The molecule has 0 radical (unpaired) electrons. The molecule has 2 heterocycles. The first-order valence-electron chi connectivity index (χ1n) is 3.51. The van der Waals surface area contributed by atoms with E-state index in [9.17, 15) is 9.59 Å². The first-order chi connectivity index (χ1) is 6.18. The average Bonchev–Trinajstić information content (AvgIpc) is 2.51. The van der Waals surface area contributed by atoms with E-state index in [4.69, 9.17) is 5.11 Å². The molecule has 2 rings (SSSR count). The molecular weight excluding hydrogens is 190 g/mol. The SMILES string of the molecule is O=C(O)c1cc2cscc2c(=O)[nH]1. The van der Waals surface area contributed by atoms with Gasteiger partial charge in [0.15, 0.2) is 0 Å². The van der Waals surface area contributed by atoms with Gasteiger partial charge in [-0.3, -0.25) is 4.79 Å². The van der Waals surface area contributed by atoms with Crippen LogP contribution >= 0.6 is 11.3 Å². The van der Waals surface area contributed by atoms with Crippen LogP contribution in [-0.4, -0.2) is 16.1 Å². The predicted molar refractivity (Wildman–Crippen MR) is 49.4 cm³/mol. The number of nitrogens with one attached hydrogen (secondary N) is 1. The third-order valence-corrected chi connectivity index (χ3v) is 2.48. The van der Waals surface area contributed by atoms with Crippen LogP contribution in [0.1, 0.15) is 10.5 Å². The van der Waals surface area contributed by atoms with E-state index in [1.54, 1.807) is 10.8 Å². The summed E-state index contributed by atoms with van der Waals surface area (Å²) >= 11 is 1.37. The maximum Gasteiger partial charge on any atom is 0.352 e. The zero-order valence-electron chi connectivity index (χ0n) is 6.40. The third kappa shape index (κ3) is 1.23. The zero-order valence-corrected chi connectivity index (χ0v) is 7.22. The number of carbonyl (C=O) groups is 1. The van der Waals surface area contributed by atoms with Gasteiger partial charge in [0.05, 0.1) is 5.39 Å². The lowest BCUT2D eigenvalue weighted by Crippen LogP contribution is -2.11. The van der Waals surface area contributed by atoms with E-state index in [0.29, 0.717) is 10.8 Å². The lowest BCUT2D eigenvalue weighted by atomic mass is 10.2. The Bertz CT molecular complexity index is 525. The topological polar surface area (TPSA) is 70.2 Å². The van der Waals surface area contributed by atoms with Gasteiger partial charge in [-0.1, -0.05) is 0 Å². The van der Waals surface area contributed by atoms with Crippen LogP contribution in [0.15, 0.2) is 21.6 Å². The summed E-state index contributed by atoms with van der Waals surface area (Å²) < 4.78 is 0. The number of pyridine rings is 1. The van der Waals surface area contributed by atoms with Crippen LogP contribution < -0.4 is 5.56 Å². The molecule has 5 heteroatoms. The van der Waals surface area contributed by atoms with Crippen LogP contribution in [0.4, 0.5) is 0 Å². The monoisotopic (exact) mass is 195 g/mol. The van der Waals surface area contributed by atoms with Crippen molar-refractivity contribution < 1.29 is 9.90 Å². The van der Waals surface area contributed by atoms with Crippen LogP contribution in [0.3, 0.4) is 0 Å². The van der Waals surface area contributed by atoms with Gasteiger partial charge < -0.3 is 10.1 Å². The van der Waals surface area contributed by atoms with E-state index >= 15 is 0 Å². The van der Waals surface area contributed by atoms with Gasteiger partial charge in [-0.2, -0.15) is 11.3 Å². The molecule has 13 heavy (non-hydrogen) atoms. The lowest BCUT2D eigenvalue weighted by Gasteiger charge is -1.93. The van der Waals surface area contributed by atoms with E-state index in [0.717, 1.165) is 0 Å². The maximum atomic E-state index is 11.3. The minimum absolute atomic E-state index is 0.0732. The molecule has 0 aliphatic carbocycles. The number of hydrogen-bond acceptors (Lipinski definition) is 3. The molecule has 0 saturated carbocycles. The summed E-state index contributed by atoms with van der Waals surface area (Å²) in [5.74, 6) is -1.12. The van der Waals surface area contributed by atoms with E-state index in [2.05, 4.69) is 4.98 Å². The van der Waals surface area contributed by atoms with Gasteiger partial charge in [0.1, 0.15) is 5.69 Å². The molecule has 4 nitrogen and oxygen atoms in total. The summed E-state index contributed by atoms with van der Waals surface area (Å²) in [6.45, 7) is 0. The second-order valence-corrected chi connectivity index (χ2v) is 3.30. The van der Waals surface area contributed by atoms with Gasteiger partial charge >= 0.3 is 5.97 Å². The van der Waals surface area contributed by atoms with Crippen LogP contribution in [0, 0.1) is 0 Å². The number of carboxylic acid groups (broad SMARTS) is 1. The maximum absolute atomic E-state index is 11.3. The fourth-order valence-electron chi connectivity index (χ4n) is 1.10. The van der Waals surface area contributed by atoms with Crippen LogP contribution in [0.5, 0.6) is 0 Å². The standard InChI is InChI=1S/C8H5NO3S/c10-7-5-3-13-2-4(5)1-6(9-7)8(11)12/h1-3H,(H,9,10)(H,11,12). The molecule has 2 N–H and O–H groups in total. The fraction of sp³-hybridized carbons (Fsp3) is 0. The number of rotatable bonds is 1. The van der Waals surface area contributed by atoms with Crippen molar-refractivity contribution in [3.63, 3.8) is 0 Å². The third-order valence-electron chi connectivity index (χ3n) is 1.71. The second kappa shape index (κ2) is 2.70.